The van der Waals surface area contributed by atoms with Crippen LogP contribution in [0.2, 0.25) is 0 Å². The van der Waals surface area contributed by atoms with Gasteiger partial charge in [-0.3, -0.25) is 4.98 Å². The Balaban J connectivity index is 2.10. The summed E-state index contributed by atoms with van der Waals surface area (Å²) >= 11 is 0. The molecular weight excluding hydrogens is 172 g/mol. The third-order valence-electron chi connectivity index (χ3n) is 3.77. The van der Waals surface area contributed by atoms with Crippen LogP contribution < -0.4 is 5.32 Å². The van der Waals surface area contributed by atoms with Gasteiger partial charge in [0.05, 0.1) is 0 Å². The van der Waals surface area contributed by atoms with Gasteiger partial charge in [-0.1, -0.05) is 6.07 Å². The largest absolute Gasteiger partial charge is 0.316 e. The van der Waals surface area contributed by atoms with Gasteiger partial charge >= 0.3 is 0 Å². The van der Waals surface area contributed by atoms with Crippen molar-refractivity contribution in [2.24, 2.45) is 0 Å². The average molecular weight is 188 g/mol. The number of nitrogens with zero attached hydrogens (tertiary/aromatic N) is 1. The number of aromatic nitrogens is 1. The average Bonchev–Trinajstić information content (AvgIpc) is 2.68. The lowest BCUT2D eigenvalue weighted by Crippen LogP contribution is -2.33. The molecule has 0 unspecified atom stereocenters. The summed E-state index contributed by atoms with van der Waals surface area (Å²) in [6.07, 6.45) is 7.06. The van der Waals surface area contributed by atoms with Crippen molar-refractivity contribution in [1.29, 1.82) is 0 Å². The van der Waals surface area contributed by atoms with Crippen LogP contribution in [0.25, 0.3) is 0 Å². The lowest BCUT2D eigenvalue weighted by atomic mass is 9.71. The van der Waals surface area contributed by atoms with Crippen LogP contribution in [-0.2, 0) is 11.8 Å². The fourth-order valence-corrected chi connectivity index (χ4v) is 3.04. The fraction of sp³-hybridized carbons (Fsp3) is 0.583. The molecule has 2 aliphatic rings. The van der Waals surface area contributed by atoms with E-state index in [1.165, 1.54) is 43.5 Å². The zero-order valence-electron chi connectivity index (χ0n) is 8.42. The highest BCUT2D eigenvalue weighted by molar-refractivity contribution is 5.33. The van der Waals surface area contributed by atoms with Gasteiger partial charge in [-0.2, -0.15) is 0 Å². The van der Waals surface area contributed by atoms with E-state index in [9.17, 15) is 0 Å². The van der Waals surface area contributed by atoms with Crippen molar-refractivity contribution >= 4 is 0 Å². The number of nitrogens with one attached hydrogen (secondary N) is 1. The standard InChI is InChI=1S/C12H16N2/c1-4-11-10(3-2-7-14-11)12(5-1)6-8-13-9-12/h2-3,7,13H,1,4-6,8-9H2/t12-/m0/s1. The Morgan fingerprint density at radius 3 is 3.21 bits per heavy atom. The Morgan fingerprint density at radius 1 is 1.36 bits per heavy atom. The van der Waals surface area contributed by atoms with E-state index in [2.05, 4.69) is 22.4 Å². The molecule has 1 fully saturated rings. The van der Waals surface area contributed by atoms with E-state index < -0.39 is 0 Å². The Hall–Kier alpha value is -0.890. The van der Waals surface area contributed by atoms with E-state index in [0.717, 1.165) is 6.54 Å². The fourth-order valence-electron chi connectivity index (χ4n) is 3.04. The van der Waals surface area contributed by atoms with Gasteiger partial charge < -0.3 is 5.32 Å². The molecule has 1 atom stereocenters. The quantitative estimate of drug-likeness (QED) is 0.669. The molecule has 1 spiro atoms. The minimum atomic E-state index is 0.432. The van der Waals surface area contributed by atoms with Gasteiger partial charge in [-0.25, -0.2) is 0 Å². The molecule has 0 amide bonds. The maximum absolute atomic E-state index is 4.51. The summed E-state index contributed by atoms with van der Waals surface area (Å²) in [5.74, 6) is 0. The lowest BCUT2D eigenvalue weighted by molar-refractivity contribution is 0.388. The molecular formula is C12H16N2. The Morgan fingerprint density at radius 2 is 2.36 bits per heavy atom. The normalized spacial score (nSPS) is 30.6. The second-order valence-electron chi connectivity index (χ2n) is 4.56. The molecule has 0 saturated carbocycles. The minimum absolute atomic E-state index is 0.432. The second kappa shape index (κ2) is 3.06. The van der Waals surface area contributed by atoms with Crippen LogP contribution in [0.15, 0.2) is 18.3 Å². The summed E-state index contributed by atoms with van der Waals surface area (Å²) in [5.41, 5.74) is 3.31. The van der Waals surface area contributed by atoms with Crippen LogP contribution in [0.5, 0.6) is 0 Å². The molecule has 0 radical (unpaired) electrons. The number of rotatable bonds is 0. The van der Waals surface area contributed by atoms with Crippen LogP contribution in [0.3, 0.4) is 0 Å². The van der Waals surface area contributed by atoms with Gasteiger partial charge in [-0.05, 0) is 43.9 Å². The summed E-state index contributed by atoms with van der Waals surface area (Å²) < 4.78 is 0. The number of hydrogen-bond donors (Lipinski definition) is 1. The predicted octanol–water partition coefficient (Wildman–Crippen LogP) is 1.65. The van der Waals surface area contributed by atoms with Crippen LogP contribution >= 0.6 is 0 Å². The maximum atomic E-state index is 4.51. The highest BCUT2D eigenvalue weighted by Gasteiger charge is 2.39. The zero-order valence-corrected chi connectivity index (χ0v) is 8.42. The molecule has 1 aromatic rings. The topological polar surface area (TPSA) is 24.9 Å². The molecule has 2 heterocycles. The van der Waals surface area contributed by atoms with Crippen LogP contribution in [0.4, 0.5) is 0 Å². The first-order valence-electron chi connectivity index (χ1n) is 5.56. The maximum Gasteiger partial charge on any atom is 0.0441 e. The first kappa shape index (κ1) is 8.42. The second-order valence-corrected chi connectivity index (χ2v) is 4.56. The summed E-state index contributed by atoms with van der Waals surface area (Å²) in [6.45, 7) is 2.33. The van der Waals surface area contributed by atoms with E-state index in [1.807, 2.05) is 6.20 Å². The van der Waals surface area contributed by atoms with Gasteiger partial charge in [-0.15, -0.1) is 0 Å². The van der Waals surface area contributed by atoms with Crippen molar-refractivity contribution in [3.05, 3.63) is 29.6 Å². The minimum Gasteiger partial charge on any atom is -0.316 e. The van der Waals surface area contributed by atoms with Crippen LogP contribution in [0, 0.1) is 0 Å². The number of hydrogen-bond acceptors (Lipinski definition) is 2. The van der Waals surface area contributed by atoms with Gasteiger partial charge in [0.25, 0.3) is 0 Å². The van der Waals surface area contributed by atoms with Crippen molar-refractivity contribution in [1.82, 2.24) is 10.3 Å². The zero-order chi connectivity index (χ0) is 9.43. The van der Waals surface area contributed by atoms with Gasteiger partial charge in [0.1, 0.15) is 0 Å². The number of pyridine rings is 1. The van der Waals surface area contributed by atoms with Crippen molar-refractivity contribution in [2.75, 3.05) is 13.1 Å². The van der Waals surface area contributed by atoms with E-state index >= 15 is 0 Å². The van der Waals surface area contributed by atoms with Gasteiger partial charge in [0.15, 0.2) is 0 Å². The summed E-state index contributed by atoms with van der Waals surface area (Å²) in [5, 5.41) is 3.50. The molecule has 14 heavy (non-hydrogen) atoms. The molecule has 1 N–H and O–H groups in total. The molecule has 2 nitrogen and oxygen atoms in total. The Bertz CT molecular complexity index is 340. The van der Waals surface area contributed by atoms with E-state index in [0.29, 0.717) is 5.41 Å². The third kappa shape index (κ3) is 1.10. The molecule has 2 heteroatoms. The van der Waals surface area contributed by atoms with E-state index in [1.54, 1.807) is 0 Å². The first-order valence-corrected chi connectivity index (χ1v) is 5.56. The summed E-state index contributed by atoms with van der Waals surface area (Å²) in [4.78, 5) is 4.51. The molecule has 3 rings (SSSR count). The van der Waals surface area contributed by atoms with Crippen LogP contribution in [-0.4, -0.2) is 18.1 Å². The first-order chi connectivity index (χ1) is 6.91. The summed E-state index contributed by atoms with van der Waals surface area (Å²) in [6, 6.07) is 4.37. The van der Waals surface area contributed by atoms with Gasteiger partial charge in [0, 0.05) is 23.9 Å². The Kier molecular flexibility index (Phi) is 1.84. The highest BCUT2D eigenvalue weighted by Crippen LogP contribution is 2.40. The molecule has 1 aliphatic carbocycles. The van der Waals surface area contributed by atoms with E-state index in [4.69, 9.17) is 0 Å². The monoisotopic (exact) mass is 188 g/mol. The van der Waals surface area contributed by atoms with Gasteiger partial charge in [0.2, 0.25) is 0 Å². The van der Waals surface area contributed by atoms with E-state index in [-0.39, 0.29) is 0 Å². The molecule has 74 valence electrons. The Labute approximate surface area is 84.7 Å². The molecule has 0 aromatic carbocycles. The highest BCUT2D eigenvalue weighted by atomic mass is 14.9. The predicted molar refractivity (Wildman–Crippen MR) is 56.3 cm³/mol. The van der Waals surface area contributed by atoms with Crippen molar-refractivity contribution in [3.63, 3.8) is 0 Å². The molecule has 0 bridgehead atoms. The molecule has 1 saturated heterocycles. The smallest absolute Gasteiger partial charge is 0.0441 e. The SMILES string of the molecule is c1cnc2c(c1)[C@@]1(CCC2)CCNC1. The summed E-state index contributed by atoms with van der Waals surface area (Å²) in [7, 11) is 0. The van der Waals surface area contributed by atoms with Crippen molar-refractivity contribution in [3.8, 4) is 0 Å². The lowest BCUT2D eigenvalue weighted by Gasteiger charge is -2.34. The number of aryl methyl sites for hydroxylation is 1. The molecule has 1 aromatic heterocycles. The van der Waals surface area contributed by atoms with Crippen molar-refractivity contribution < 1.29 is 0 Å². The van der Waals surface area contributed by atoms with Crippen molar-refractivity contribution in [2.45, 2.75) is 31.1 Å². The molecule has 1 aliphatic heterocycles. The van der Waals surface area contributed by atoms with Crippen LogP contribution in [0.1, 0.15) is 30.5 Å². The number of fused-ring (bicyclic) bond motifs is 2. The third-order valence-corrected chi connectivity index (χ3v) is 3.77.